The highest BCUT2D eigenvalue weighted by Gasteiger charge is 2.68. The van der Waals surface area contributed by atoms with Crippen LogP contribution in [0, 0.1) is 17.3 Å². The molecule has 4 aliphatic rings. The van der Waals surface area contributed by atoms with Crippen LogP contribution in [0.1, 0.15) is 64.7 Å². The van der Waals surface area contributed by atoms with Gasteiger partial charge in [-0.2, -0.15) is 0 Å². The van der Waals surface area contributed by atoms with Gasteiger partial charge in [-0.15, -0.1) is 0 Å². The molecule has 3 aliphatic heterocycles. The van der Waals surface area contributed by atoms with Crippen LogP contribution in [0.4, 0.5) is 0 Å². The third kappa shape index (κ3) is 4.07. The summed E-state index contributed by atoms with van der Waals surface area (Å²) in [6.45, 7) is 2.22. The summed E-state index contributed by atoms with van der Waals surface area (Å²) in [5, 5.41) is 19.5. The van der Waals surface area contributed by atoms with Gasteiger partial charge in [0.15, 0.2) is 0 Å². The second-order valence-electron chi connectivity index (χ2n) is 9.41. The fourth-order valence-electron chi connectivity index (χ4n) is 5.53. The molecule has 5 heteroatoms. The van der Waals surface area contributed by atoms with Gasteiger partial charge in [-0.05, 0) is 37.5 Å². The maximum absolute atomic E-state index is 10.8. The predicted molar refractivity (Wildman–Crippen MR) is 106 cm³/mol. The van der Waals surface area contributed by atoms with Crippen LogP contribution in [0.15, 0.2) is 24.3 Å². The van der Waals surface area contributed by atoms with E-state index in [-0.39, 0.29) is 36.3 Å². The van der Waals surface area contributed by atoms with Crippen molar-refractivity contribution >= 4 is 5.97 Å². The van der Waals surface area contributed by atoms with Crippen molar-refractivity contribution in [1.82, 2.24) is 0 Å². The molecule has 4 rings (SSSR count). The number of allylic oxidation sites excluding steroid dienone is 2. The minimum atomic E-state index is -0.734. The highest BCUT2D eigenvalue weighted by molar-refractivity contribution is 5.66. The number of aliphatic carboxylic acids is 1. The van der Waals surface area contributed by atoms with E-state index in [1.807, 2.05) is 6.08 Å². The molecule has 2 N–H and O–H groups in total. The lowest BCUT2D eigenvalue weighted by atomic mass is 9.71. The lowest BCUT2D eigenvalue weighted by molar-refractivity contribution is -0.137. The number of rotatable bonds is 9. The zero-order valence-electron chi connectivity index (χ0n) is 16.8. The van der Waals surface area contributed by atoms with Gasteiger partial charge in [-0.3, -0.25) is 4.79 Å². The van der Waals surface area contributed by atoms with Crippen LogP contribution in [-0.2, 0) is 14.3 Å². The Bertz CT molecular complexity index is 620. The van der Waals surface area contributed by atoms with Gasteiger partial charge >= 0.3 is 5.97 Å². The molecule has 0 amide bonds. The smallest absolute Gasteiger partial charge is 0.303 e. The second-order valence-corrected chi connectivity index (χ2v) is 9.41. The molecular weight excluding hydrogens is 356 g/mol. The third-order valence-corrected chi connectivity index (χ3v) is 7.38. The topological polar surface area (TPSA) is 79.3 Å². The van der Waals surface area contributed by atoms with Crippen molar-refractivity contribution in [2.75, 3.05) is 0 Å². The Labute approximate surface area is 167 Å². The molecule has 1 aliphatic carbocycles. The Hall–Kier alpha value is -1.17. The Balaban J connectivity index is 1.34. The van der Waals surface area contributed by atoms with Crippen molar-refractivity contribution in [3.05, 3.63) is 24.3 Å². The number of hydrogen-bond donors (Lipinski definition) is 2. The lowest BCUT2D eigenvalue weighted by Crippen LogP contribution is -2.34. The molecule has 156 valence electrons. The summed E-state index contributed by atoms with van der Waals surface area (Å²) in [4.78, 5) is 10.6. The molecule has 2 bridgehead atoms. The summed E-state index contributed by atoms with van der Waals surface area (Å²) in [5.74, 6) is -0.0615. The number of aliphatic hydroxyl groups excluding tert-OH is 1. The Morgan fingerprint density at radius 2 is 1.82 bits per heavy atom. The van der Waals surface area contributed by atoms with Crippen molar-refractivity contribution in [3.63, 3.8) is 0 Å². The van der Waals surface area contributed by atoms with Gasteiger partial charge in [0, 0.05) is 18.3 Å². The molecule has 0 aromatic rings. The number of unbranched alkanes of at least 4 members (excludes halogenated alkanes) is 1. The van der Waals surface area contributed by atoms with E-state index >= 15 is 0 Å². The van der Waals surface area contributed by atoms with E-state index in [4.69, 9.17) is 14.6 Å². The van der Waals surface area contributed by atoms with E-state index in [2.05, 4.69) is 25.2 Å². The van der Waals surface area contributed by atoms with E-state index < -0.39 is 12.1 Å². The Morgan fingerprint density at radius 1 is 1.11 bits per heavy atom. The molecule has 5 nitrogen and oxygen atoms in total. The van der Waals surface area contributed by atoms with Crippen molar-refractivity contribution in [3.8, 4) is 0 Å². The summed E-state index contributed by atoms with van der Waals surface area (Å²) in [6, 6.07) is 0. The number of aliphatic hydroxyl groups is 1. The van der Waals surface area contributed by atoms with E-state index in [0.29, 0.717) is 18.3 Å². The zero-order valence-corrected chi connectivity index (χ0v) is 16.8. The number of hydrogen-bond acceptors (Lipinski definition) is 4. The minimum Gasteiger partial charge on any atom is -0.481 e. The first-order chi connectivity index (χ1) is 13.5. The summed E-state index contributed by atoms with van der Waals surface area (Å²) in [7, 11) is 0. The number of carboxylic acid groups (broad SMARTS) is 1. The van der Waals surface area contributed by atoms with Gasteiger partial charge in [0.05, 0.1) is 18.3 Å². The molecule has 7 atom stereocenters. The van der Waals surface area contributed by atoms with Crippen LogP contribution < -0.4 is 0 Å². The number of carboxylic acids is 1. The van der Waals surface area contributed by atoms with E-state index in [1.165, 1.54) is 19.3 Å². The SMILES string of the molecule is CC1([C@@H](O)/C=C/[C@@H]2[C@H](C/C=C\CCCC(=O)O)[C@H]3O[C@H]2[C@@H]2O[C@@H]23)CCCCC1. The molecule has 0 spiro atoms. The summed E-state index contributed by atoms with van der Waals surface area (Å²) >= 11 is 0. The number of ether oxygens (including phenoxy) is 2. The van der Waals surface area contributed by atoms with Crippen LogP contribution >= 0.6 is 0 Å². The quantitative estimate of drug-likeness (QED) is 0.355. The third-order valence-electron chi connectivity index (χ3n) is 7.38. The van der Waals surface area contributed by atoms with E-state index in [1.54, 1.807) is 0 Å². The van der Waals surface area contributed by atoms with Crippen molar-refractivity contribution in [2.45, 2.75) is 95.2 Å². The average Bonchev–Trinajstić information content (AvgIpc) is 3.30. The number of epoxide rings is 1. The first-order valence-electron chi connectivity index (χ1n) is 11.0. The van der Waals surface area contributed by atoms with Crippen LogP contribution in [0.25, 0.3) is 0 Å². The van der Waals surface area contributed by atoms with Crippen LogP contribution in [0.3, 0.4) is 0 Å². The molecule has 3 saturated heterocycles. The van der Waals surface area contributed by atoms with Crippen LogP contribution in [0.5, 0.6) is 0 Å². The van der Waals surface area contributed by atoms with Gasteiger partial charge in [0.1, 0.15) is 12.2 Å². The first-order valence-corrected chi connectivity index (χ1v) is 11.0. The molecular formula is C23H34O5. The normalized spacial score (nSPS) is 39.5. The molecule has 0 unspecified atom stereocenters. The van der Waals surface area contributed by atoms with Crippen molar-refractivity contribution in [2.24, 2.45) is 17.3 Å². The molecule has 1 saturated carbocycles. The molecule has 28 heavy (non-hydrogen) atoms. The van der Waals surface area contributed by atoms with Crippen molar-refractivity contribution < 1.29 is 24.5 Å². The summed E-state index contributed by atoms with van der Waals surface area (Å²) in [5.41, 5.74) is 0.00534. The largest absolute Gasteiger partial charge is 0.481 e. The number of fused-ring (bicyclic) bond motifs is 5. The Kier molecular flexibility index (Phi) is 5.96. The first kappa shape index (κ1) is 20.1. The maximum Gasteiger partial charge on any atom is 0.303 e. The summed E-state index contributed by atoms with van der Waals surface area (Å²) < 4.78 is 12.0. The maximum atomic E-state index is 10.8. The average molecular weight is 391 g/mol. The van der Waals surface area contributed by atoms with Crippen LogP contribution in [-0.4, -0.2) is 46.7 Å². The summed E-state index contributed by atoms with van der Waals surface area (Å²) in [6.07, 6.45) is 17.4. The van der Waals surface area contributed by atoms with Crippen molar-refractivity contribution in [1.29, 1.82) is 0 Å². The monoisotopic (exact) mass is 390 g/mol. The Morgan fingerprint density at radius 3 is 2.57 bits per heavy atom. The fraction of sp³-hybridized carbons (Fsp3) is 0.783. The predicted octanol–water partition coefficient (Wildman–Crippen LogP) is 3.86. The fourth-order valence-corrected chi connectivity index (χ4v) is 5.53. The van der Waals surface area contributed by atoms with E-state index in [9.17, 15) is 9.90 Å². The minimum absolute atomic E-state index is 0.00534. The van der Waals surface area contributed by atoms with Crippen LogP contribution in [0.2, 0.25) is 0 Å². The van der Waals surface area contributed by atoms with Gasteiger partial charge in [0.2, 0.25) is 0 Å². The van der Waals surface area contributed by atoms with Gasteiger partial charge in [0.25, 0.3) is 0 Å². The molecule has 0 aromatic carbocycles. The lowest BCUT2D eigenvalue weighted by Gasteiger charge is -2.37. The zero-order chi connectivity index (χ0) is 19.7. The highest BCUT2D eigenvalue weighted by atomic mass is 16.7. The molecule has 3 heterocycles. The van der Waals surface area contributed by atoms with Gasteiger partial charge < -0.3 is 19.7 Å². The standard InChI is InChI=1S/C23H34O5/c1-23(13-7-4-8-14-23)17(24)12-11-16-15(9-5-2-3-6-10-18(25)26)19-21-22(28-21)20(16)27-19/h2,5,11-12,15-17,19-22,24H,3-4,6-10,13-14H2,1H3,(H,25,26)/b5-2-,12-11+/t15-,16+,17-,19+,20+,21+,22-/m0/s1. The second kappa shape index (κ2) is 8.29. The van der Waals surface area contributed by atoms with Gasteiger partial charge in [-0.1, -0.05) is 50.5 Å². The van der Waals surface area contributed by atoms with Gasteiger partial charge in [-0.25, -0.2) is 0 Å². The number of carbonyl (C=O) groups is 1. The molecule has 0 aromatic heterocycles. The van der Waals surface area contributed by atoms with E-state index in [0.717, 1.165) is 25.7 Å². The molecule has 4 fully saturated rings. The molecule has 0 radical (unpaired) electrons. The highest BCUT2D eigenvalue weighted by Crippen LogP contribution is 2.55.